The Bertz CT molecular complexity index is 908. The van der Waals surface area contributed by atoms with Gasteiger partial charge in [0.25, 0.3) is 0 Å². The molecule has 188 valence electrons. The molecule has 6 atom stereocenters. The number of rotatable bonds is 10. The molecule has 2 aromatic carbocycles. The maximum atomic E-state index is 10.5. The molecule has 7 nitrogen and oxygen atoms in total. The molecular formula is C27H38O7. The van der Waals surface area contributed by atoms with Gasteiger partial charge < -0.3 is 35.0 Å². The second-order valence-electron chi connectivity index (χ2n) is 9.30. The number of aryl methyl sites for hydroxylation is 1. The van der Waals surface area contributed by atoms with Crippen LogP contribution in [0, 0.1) is 6.92 Å². The summed E-state index contributed by atoms with van der Waals surface area (Å²) in [6.45, 7) is 5.62. The smallest absolute Gasteiger partial charge is 0.132 e. The summed E-state index contributed by atoms with van der Waals surface area (Å²) in [4.78, 5) is 0. The van der Waals surface area contributed by atoms with E-state index in [-0.39, 0.29) is 6.61 Å². The third-order valence-electron chi connectivity index (χ3n) is 6.88. The van der Waals surface area contributed by atoms with Crippen LogP contribution in [-0.2, 0) is 11.2 Å². The van der Waals surface area contributed by atoms with E-state index in [0.717, 1.165) is 41.7 Å². The van der Waals surface area contributed by atoms with Crippen molar-refractivity contribution in [1.82, 2.24) is 0 Å². The van der Waals surface area contributed by atoms with E-state index in [1.54, 1.807) is 0 Å². The van der Waals surface area contributed by atoms with Crippen molar-refractivity contribution in [3.63, 3.8) is 0 Å². The molecule has 0 saturated carbocycles. The highest BCUT2D eigenvalue weighted by atomic mass is 16.5. The molecule has 1 saturated heterocycles. The van der Waals surface area contributed by atoms with Crippen LogP contribution in [0.2, 0.25) is 0 Å². The maximum Gasteiger partial charge on any atom is 0.132 e. The molecule has 0 radical (unpaired) electrons. The Morgan fingerprint density at radius 1 is 0.941 bits per heavy atom. The summed E-state index contributed by atoms with van der Waals surface area (Å²) in [5, 5.41) is 50.0. The van der Waals surface area contributed by atoms with E-state index < -0.39 is 42.7 Å². The van der Waals surface area contributed by atoms with Crippen molar-refractivity contribution in [2.75, 3.05) is 13.2 Å². The summed E-state index contributed by atoms with van der Waals surface area (Å²) in [5.74, 6) is 0.722. The molecule has 34 heavy (non-hydrogen) atoms. The number of hydrogen-bond acceptors (Lipinski definition) is 7. The fourth-order valence-corrected chi connectivity index (χ4v) is 4.56. The predicted octanol–water partition coefficient (Wildman–Crippen LogP) is 2.42. The van der Waals surface area contributed by atoms with E-state index >= 15 is 0 Å². The highest BCUT2D eigenvalue weighted by Gasteiger charge is 2.44. The Kier molecular flexibility index (Phi) is 9.09. The minimum Gasteiger partial charge on any atom is -0.485 e. The van der Waals surface area contributed by atoms with Crippen molar-refractivity contribution in [3.05, 3.63) is 64.7 Å². The third-order valence-corrected chi connectivity index (χ3v) is 6.88. The van der Waals surface area contributed by atoms with Gasteiger partial charge in [0.15, 0.2) is 0 Å². The lowest BCUT2D eigenvalue weighted by Gasteiger charge is -2.40. The number of benzene rings is 2. The Balaban J connectivity index is 1.77. The van der Waals surface area contributed by atoms with Gasteiger partial charge in [0, 0.05) is 0 Å². The van der Waals surface area contributed by atoms with E-state index in [4.69, 9.17) is 9.47 Å². The third kappa shape index (κ3) is 5.79. The molecule has 1 fully saturated rings. The largest absolute Gasteiger partial charge is 0.485 e. The SMILES string of the molecule is CCCC(CC)(CO)Oc1ccc(Cc2cc([C@@H]3O[C@H](CO)[C@@H](O)[C@H](O)[C@H]3O)ccc2C)cc1. The van der Waals surface area contributed by atoms with Crippen LogP contribution >= 0.6 is 0 Å². The van der Waals surface area contributed by atoms with Gasteiger partial charge in [-0.1, -0.05) is 50.6 Å². The lowest BCUT2D eigenvalue weighted by Crippen LogP contribution is -2.55. The summed E-state index contributed by atoms with van der Waals surface area (Å²) in [7, 11) is 0. The van der Waals surface area contributed by atoms with Crippen molar-refractivity contribution in [2.45, 2.75) is 82.6 Å². The molecule has 0 aliphatic carbocycles. The number of ether oxygens (including phenoxy) is 2. The highest BCUT2D eigenvalue weighted by molar-refractivity contribution is 5.38. The Morgan fingerprint density at radius 3 is 2.24 bits per heavy atom. The van der Waals surface area contributed by atoms with Gasteiger partial charge in [0.1, 0.15) is 41.9 Å². The fourth-order valence-electron chi connectivity index (χ4n) is 4.56. The minimum atomic E-state index is -1.41. The average Bonchev–Trinajstić information content (AvgIpc) is 2.85. The van der Waals surface area contributed by atoms with Crippen LogP contribution in [0.5, 0.6) is 5.75 Å². The molecule has 7 heteroatoms. The van der Waals surface area contributed by atoms with Crippen molar-refractivity contribution >= 4 is 0 Å². The van der Waals surface area contributed by atoms with E-state index in [2.05, 4.69) is 6.92 Å². The summed E-state index contributed by atoms with van der Waals surface area (Å²) in [6, 6.07) is 13.5. The summed E-state index contributed by atoms with van der Waals surface area (Å²) >= 11 is 0. The van der Waals surface area contributed by atoms with Crippen LogP contribution in [0.1, 0.15) is 61.5 Å². The van der Waals surface area contributed by atoms with Gasteiger partial charge in [0.2, 0.25) is 0 Å². The van der Waals surface area contributed by atoms with Gasteiger partial charge in [-0.3, -0.25) is 0 Å². The molecule has 1 unspecified atom stereocenters. The Hall–Kier alpha value is -2.00. The predicted molar refractivity (Wildman–Crippen MR) is 129 cm³/mol. The maximum absolute atomic E-state index is 10.5. The quantitative estimate of drug-likeness (QED) is 0.359. The first-order valence-corrected chi connectivity index (χ1v) is 12.1. The molecule has 2 aromatic rings. The highest BCUT2D eigenvalue weighted by Crippen LogP contribution is 2.34. The number of aliphatic hydroxyl groups excluding tert-OH is 5. The number of aliphatic hydroxyl groups is 5. The molecule has 0 amide bonds. The second-order valence-corrected chi connectivity index (χ2v) is 9.30. The lowest BCUT2D eigenvalue weighted by atomic mass is 9.89. The monoisotopic (exact) mass is 474 g/mol. The summed E-state index contributed by atoms with van der Waals surface area (Å²) in [5.41, 5.74) is 3.29. The zero-order chi connectivity index (χ0) is 24.9. The first-order valence-electron chi connectivity index (χ1n) is 12.1. The molecule has 1 aliphatic heterocycles. The van der Waals surface area contributed by atoms with Crippen LogP contribution in [0.25, 0.3) is 0 Å². The molecule has 0 spiro atoms. The Morgan fingerprint density at radius 2 is 1.65 bits per heavy atom. The zero-order valence-electron chi connectivity index (χ0n) is 20.2. The van der Waals surface area contributed by atoms with Gasteiger partial charge in [0.05, 0.1) is 13.2 Å². The van der Waals surface area contributed by atoms with E-state index in [1.807, 2.05) is 56.3 Å². The Labute approximate surface area is 201 Å². The standard InChI is InChI=1S/C27H38O7/c1-4-12-27(5-2,16-29)34-21-10-7-18(8-11-21)13-20-14-19(9-6-17(20)3)26-25(32)24(31)23(30)22(15-28)33-26/h6-11,14,22-26,28-32H,4-5,12-13,15-16H2,1-3H3/t22-,23-,24+,25-,26+,27?/m1/s1. The normalized spacial score (nSPS) is 26.8. The van der Waals surface area contributed by atoms with Crippen molar-refractivity contribution in [2.24, 2.45) is 0 Å². The molecule has 0 bridgehead atoms. The van der Waals surface area contributed by atoms with Gasteiger partial charge >= 0.3 is 0 Å². The average molecular weight is 475 g/mol. The zero-order valence-corrected chi connectivity index (χ0v) is 20.2. The summed E-state index contributed by atoms with van der Waals surface area (Å²) < 4.78 is 11.9. The first kappa shape index (κ1) is 26.6. The van der Waals surface area contributed by atoms with Crippen LogP contribution in [-0.4, -0.2) is 68.8 Å². The van der Waals surface area contributed by atoms with E-state index in [1.165, 1.54) is 0 Å². The molecule has 3 rings (SSSR count). The topological polar surface area (TPSA) is 120 Å². The number of hydrogen-bond donors (Lipinski definition) is 5. The second kappa shape index (κ2) is 11.6. The van der Waals surface area contributed by atoms with Gasteiger partial charge in [-0.05, 0) is 60.6 Å². The first-order chi connectivity index (χ1) is 16.3. The van der Waals surface area contributed by atoms with Crippen molar-refractivity contribution in [1.29, 1.82) is 0 Å². The fraction of sp³-hybridized carbons (Fsp3) is 0.556. The molecule has 0 aromatic heterocycles. The molecule has 1 heterocycles. The van der Waals surface area contributed by atoms with Crippen molar-refractivity contribution in [3.8, 4) is 5.75 Å². The lowest BCUT2D eigenvalue weighted by molar-refractivity contribution is -0.231. The molecular weight excluding hydrogens is 436 g/mol. The van der Waals surface area contributed by atoms with E-state index in [9.17, 15) is 25.5 Å². The van der Waals surface area contributed by atoms with Gasteiger partial charge in [-0.2, -0.15) is 0 Å². The minimum absolute atomic E-state index is 0.0248. The van der Waals surface area contributed by atoms with Crippen LogP contribution in [0.15, 0.2) is 42.5 Å². The van der Waals surface area contributed by atoms with Crippen molar-refractivity contribution < 1.29 is 35.0 Å². The summed E-state index contributed by atoms with van der Waals surface area (Å²) in [6.07, 6.45) is -2.81. The molecule has 1 aliphatic rings. The van der Waals surface area contributed by atoms with Gasteiger partial charge in [-0.15, -0.1) is 0 Å². The van der Waals surface area contributed by atoms with Crippen LogP contribution in [0.4, 0.5) is 0 Å². The van der Waals surface area contributed by atoms with Crippen LogP contribution < -0.4 is 4.74 Å². The van der Waals surface area contributed by atoms with Crippen LogP contribution in [0.3, 0.4) is 0 Å². The van der Waals surface area contributed by atoms with Gasteiger partial charge in [-0.25, -0.2) is 0 Å². The molecule has 5 N–H and O–H groups in total. The van der Waals surface area contributed by atoms with E-state index in [0.29, 0.717) is 12.0 Å².